The van der Waals surface area contributed by atoms with Gasteiger partial charge in [-0.3, -0.25) is 4.79 Å². The molecular formula is C17H16Cl2N2O. The summed E-state index contributed by atoms with van der Waals surface area (Å²) in [5.41, 5.74) is 4.68. The summed E-state index contributed by atoms with van der Waals surface area (Å²) in [6.07, 6.45) is 0. The van der Waals surface area contributed by atoms with E-state index in [9.17, 15) is 4.79 Å². The summed E-state index contributed by atoms with van der Waals surface area (Å²) < 4.78 is 0. The normalized spacial score (nSPS) is 11.6. The number of nitrogens with zero attached hydrogens (tertiary/aromatic N) is 1. The second-order valence-corrected chi connectivity index (χ2v) is 5.93. The fourth-order valence-electron chi connectivity index (χ4n) is 1.98. The molecular weight excluding hydrogens is 319 g/mol. The minimum atomic E-state index is -0.365. The largest absolute Gasteiger partial charge is 0.272 e. The fourth-order valence-corrected chi connectivity index (χ4v) is 2.48. The highest BCUT2D eigenvalue weighted by Gasteiger charge is 2.12. The van der Waals surface area contributed by atoms with Crippen LogP contribution in [-0.2, 0) is 0 Å². The molecule has 1 N–H and O–H groups in total. The van der Waals surface area contributed by atoms with Gasteiger partial charge in [0.15, 0.2) is 0 Å². The van der Waals surface area contributed by atoms with Crippen LogP contribution in [0.2, 0.25) is 10.0 Å². The SMILES string of the molecule is CC(C)C(=NNC(=O)c1ccc(Cl)cc1Cl)c1ccccc1. The molecule has 3 nitrogen and oxygen atoms in total. The summed E-state index contributed by atoms with van der Waals surface area (Å²) in [6, 6.07) is 14.5. The van der Waals surface area contributed by atoms with Crippen molar-refractivity contribution >= 4 is 34.8 Å². The molecule has 5 heteroatoms. The Morgan fingerprint density at radius 1 is 1.09 bits per heavy atom. The third-order valence-corrected chi connectivity index (χ3v) is 3.62. The molecule has 0 atom stereocenters. The van der Waals surface area contributed by atoms with Crippen molar-refractivity contribution in [1.82, 2.24) is 5.43 Å². The van der Waals surface area contributed by atoms with Gasteiger partial charge in [-0.25, -0.2) is 5.43 Å². The van der Waals surface area contributed by atoms with Crippen LogP contribution in [0.1, 0.15) is 29.8 Å². The van der Waals surface area contributed by atoms with E-state index >= 15 is 0 Å². The van der Waals surface area contributed by atoms with Gasteiger partial charge in [0.05, 0.1) is 16.3 Å². The summed E-state index contributed by atoms with van der Waals surface area (Å²) in [5.74, 6) is -0.195. The van der Waals surface area contributed by atoms with Crippen molar-refractivity contribution in [2.45, 2.75) is 13.8 Å². The van der Waals surface area contributed by atoms with Gasteiger partial charge < -0.3 is 0 Å². The van der Waals surface area contributed by atoms with Crippen LogP contribution in [0.4, 0.5) is 0 Å². The van der Waals surface area contributed by atoms with Crippen molar-refractivity contribution in [1.29, 1.82) is 0 Å². The van der Waals surface area contributed by atoms with Crippen LogP contribution in [0, 0.1) is 5.92 Å². The van der Waals surface area contributed by atoms with Crippen LogP contribution >= 0.6 is 23.2 Å². The lowest BCUT2D eigenvalue weighted by Gasteiger charge is -2.11. The number of hydrazone groups is 1. The summed E-state index contributed by atoms with van der Waals surface area (Å²) in [6.45, 7) is 4.04. The summed E-state index contributed by atoms with van der Waals surface area (Å²) in [5, 5.41) is 5.04. The monoisotopic (exact) mass is 334 g/mol. The van der Waals surface area contributed by atoms with Crippen LogP contribution in [0.15, 0.2) is 53.6 Å². The predicted octanol–water partition coefficient (Wildman–Crippen LogP) is 4.78. The number of hydrogen-bond donors (Lipinski definition) is 1. The maximum atomic E-state index is 12.2. The highest BCUT2D eigenvalue weighted by molar-refractivity contribution is 6.36. The van der Waals surface area contributed by atoms with Gasteiger partial charge in [0.25, 0.3) is 5.91 Å². The molecule has 0 spiro atoms. The number of amides is 1. The highest BCUT2D eigenvalue weighted by Crippen LogP contribution is 2.20. The van der Waals surface area contributed by atoms with Gasteiger partial charge in [0, 0.05) is 5.02 Å². The average Bonchev–Trinajstić information content (AvgIpc) is 2.48. The minimum absolute atomic E-state index is 0.170. The van der Waals surface area contributed by atoms with E-state index in [-0.39, 0.29) is 11.8 Å². The van der Waals surface area contributed by atoms with Crippen LogP contribution in [0.3, 0.4) is 0 Å². The van der Waals surface area contributed by atoms with E-state index in [2.05, 4.69) is 10.5 Å². The van der Waals surface area contributed by atoms with Crippen LogP contribution in [0.25, 0.3) is 0 Å². The molecule has 22 heavy (non-hydrogen) atoms. The molecule has 2 rings (SSSR count). The minimum Gasteiger partial charge on any atom is -0.267 e. The van der Waals surface area contributed by atoms with Gasteiger partial charge >= 0.3 is 0 Å². The van der Waals surface area contributed by atoms with E-state index in [1.165, 1.54) is 6.07 Å². The Bertz CT molecular complexity index is 697. The zero-order valence-electron chi connectivity index (χ0n) is 12.3. The average molecular weight is 335 g/mol. The van der Waals surface area contributed by atoms with Gasteiger partial charge in [0.1, 0.15) is 0 Å². The second kappa shape index (κ2) is 7.43. The summed E-state index contributed by atoms with van der Waals surface area (Å²) in [7, 11) is 0. The van der Waals surface area contributed by atoms with Gasteiger partial charge in [0.2, 0.25) is 0 Å². The summed E-state index contributed by atoms with van der Waals surface area (Å²) >= 11 is 11.9. The van der Waals surface area contributed by atoms with Crippen molar-refractivity contribution in [3.63, 3.8) is 0 Å². The first-order chi connectivity index (χ1) is 10.5. The molecule has 114 valence electrons. The fraction of sp³-hybridized carbons (Fsp3) is 0.176. The first-order valence-electron chi connectivity index (χ1n) is 6.87. The number of carbonyl (C=O) groups is 1. The molecule has 1 amide bonds. The Hall–Kier alpha value is -1.84. The van der Waals surface area contributed by atoms with Gasteiger partial charge in [-0.2, -0.15) is 5.10 Å². The Balaban J connectivity index is 2.22. The molecule has 0 aliphatic carbocycles. The van der Waals surface area contributed by atoms with E-state index < -0.39 is 0 Å². The number of halogens is 2. The lowest BCUT2D eigenvalue weighted by atomic mass is 10.0. The van der Waals surface area contributed by atoms with Crippen LogP contribution < -0.4 is 5.43 Å². The molecule has 0 aliphatic rings. The molecule has 2 aromatic rings. The Kier molecular flexibility index (Phi) is 5.58. The molecule has 0 unspecified atom stereocenters. The predicted molar refractivity (Wildman–Crippen MR) is 91.7 cm³/mol. The molecule has 0 aliphatic heterocycles. The van der Waals surface area contributed by atoms with Crippen molar-refractivity contribution in [2.75, 3.05) is 0 Å². The Morgan fingerprint density at radius 3 is 2.36 bits per heavy atom. The topological polar surface area (TPSA) is 41.5 Å². The molecule has 0 saturated heterocycles. The van der Waals surface area contributed by atoms with E-state index in [0.29, 0.717) is 15.6 Å². The zero-order chi connectivity index (χ0) is 16.1. The highest BCUT2D eigenvalue weighted by atomic mass is 35.5. The third kappa shape index (κ3) is 4.09. The van der Waals surface area contributed by atoms with E-state index in [4.69, 9.17) is 23.2 Å². The van der Waals surface area contributed by atoms with Crippen molar-refractivity contribution < 1.29 is 4.79 Å². The summed E-state index contributed by atoms with van der Waals surface area (Å²) in [4.78, 5) is 12.2. The number of carbonyl (C=O) groups excluding carboxylic acids is 1. The van der Waals surface area contributed by atoms with E-state index in [0.717, 1.165) is 11.3 Å². The molecule has 0 saturated carbocycles. The molecule has 0 heterocycles. The molecule has 0 bridgehead atoms. The molecule has 0 aromatic heterocycles. The number of nitrogens with one attached hydrogen (secondary N) is 1. The standard InChI is InChI=1S/C17H16Cl2N2O/c1-11(2)16(12-6-4-3-5-7-12)20-21-17(22)14-9-8-13(18)10-15(14)19/h3-11H,1-2H3,(H,21,22). The maximum Gasteiger partial charge on any atom is 0.272 e. The zero-order valence-corrected chi connectivity index (χ0v) is 13.8. The van der Waals surface area contributed by atoms with Crippen molar-refractivity contribution in [2.24, 2.45) is 11.0 Å². The van der Waals surface area contributed by atoms with E-state index in [1.54, 1.807) is 12.1 Å². The van der Waals surface area contributed by atoms with Gasteiger partial charge in [-0.15, -0.1) is 0 Å². The quantitative estimate of drug-likeness (QED) is 0.634. The molecule has 0 fully saturated rings. The smallest absolute Gasteiger partial charge is 0.267 e. The number of rotatable bonds is 4. The van der Waals surface area contributed by atoms with Crippen molar-refractivity contribution in [3.8, 4) is 0 Å². The second-order valence-electron chi connectivity index (χ2n) is 5.08. The third-order valence-electron chi connectivity index (χ3n) is 3.07. The van der Waals surface area contributed by atoms with Crippen molar-refractivity contribution in [3.05, 3.63) is 69.7 Å². The molecule has 0 radical (unpaired) electrons. The first-order valence-corrected chi connectivity index (χ1v) is 7.63. The Morgan fingerprint density at radius 2 is 1.77 bits per heavy atom. The maximum absolute atomic E-state index is 12.2. The van der Waals surface area contributed by atoms with E-state index in [1.807, 2.05) is 44.2 Å². The molecule has 2 aromatic carbocycles. The number of hydrogen-bond acceptors (Lipinski definition) is 2. The van der Waals surface area contributed by atoms with Crippen LogP contribution in [0.5, 0.6) is 0 Å². The lowest BCUT2D eigenvalue weighted by Crippen LogP contribution is -2.22. The number of benzene rings is 2. The van der Waals surface area contributed by atoms with Gasteiger partial charge in [-0.05, 0) is 29.7 Å². The lowest BCUT2D eigenvalue weighted by molar-refractivity contribution is 0.0955. The van der Waals surface area contributed by atoms with Gasteiger partial charge in [-0.1, -0.05) is 67.4 Å². The first kappa shape index (κ1) is 16.5. The van der Waals surface area contributed by atoms with Crippen LogP contribution in [-0.4, -0.2) is 11.6 Å². The Labute approximate surface area is 139 Å².